The molecule has 20 heavy (non-hydrogen) atoms. The SMILES string of the molecule is O=C(O)C1CC=CCC1C(=O)N1CCC2CCCCC21. The molecule has 1 amide bonds. The van der Waals surface area contributed by atoms with E-state index in [1.165, 1.54) is 19.3 Å². The predicted octanol–water partition coefficient (Wildman–Crippen LogP) is 2.44. The van der Waals surface area contributed by atoms with Gasteiger partial charge in [-0.2, -0.15) is 0 Å². The molecule has 0 aromatic carbocycles. The van der Waals surface area contributed by atoms with Gasteiger partial charge in [-0.3, -0.25) is 9.59 Å². The predicted molar refractivity (Wildman–Crippen MR) is 75.1 cm³/mol. The molecule has 0 spiro atoms. The molecule has 1 heterocycles. The Morgan fingerprint density at radius 1 is 1.00 bits per heavy atom. The number of nitrogens with zero attached hydrogens (tertiary/aromatic N) is 1. The largest absolute Gasteiger partial charge is 0.481 e. The van der Waals surface area contributed by atoms with Crippen molar-refractivity contribution in [2.24, 2.45) is 17.8 Å². The minimum absolute atomic E-state index is 0.0937. The van der Waals surface area contributed by atoms with E-state index in [4.69, 9.17) is 0 Å². The average Bonchev–Trinajstić information content (AvgIpc) is 2.90. The van der Waals surface area contributed by atoms with Crippen LogP contribution in [0.3, 0.4) is 0 Å². The molecule has 4 unspecified atom stereocenters. The molecule has 0 bridgehead atoms. The van der Waals surface area contributed by atoms with Crippen molar-refractivity contribution in [3.05, 3.63) is 12.2 Å². The molecular formula is C16H23NO3. The molecule has 1 N–H and O–H groups in total. The van der Waals surface area contributed by atoms with Crippen molar-refractivity contribution in [2.45, 2.75) is 51.0 Å². The smallest absolute Gasteiger partial charge is 0.307 e. The van der Waals surface area contributed by atoms with Crippen molar-refractivity contribution in [3.8, 4) is 0 Å². The zero-order valence-electron chi connectivity index (χ0n) is 11.8. The standard InChI is InChI=1S/C16H23NO3/c18-15(12-6-2-3-7-13(12)16(19)20)17-10-9-11-5-1-4-8-14(11)17/h2-3,11-14H,1,4-10H2,(H,19,20). The lowest BCUT2D eigenvalue weighted by atomic mass is 9.81. The average molecular weight is 277 g/mol. The van der Waals surface area contributed by atoms with Gasteiger partial charge in [0.05, 0.1) is 11.8 Å². The van der Waals surface area contributed by atoms with Crippen molar-refractivity contribution in [2.75, 3.05) is 6.54 Å². The monoisotopic (exact) mass is 277 g/mol. The van der Waals surface area contributed by atoms with Crippen LogP contribution in [0.25, 0.3) is 0 Å². The second-order valence-corrected chi connectivity index (χ2v) is 6.43. The summed E-state index contributed by atoms with van der Waals surface area (Å²) >= 11 is 0. The third kappa shape index (κ3) is 2.36. The van der Waals surface area contributed by atoms with Gasteiger partial charge < -0.3 is 10.0 Å². The second-order valence-electron chi connectivity index (χ2n) is 6.43. The Kier molecular flexibility index (Phi) is 3.81. The summed E-state index contributed by atoms with van der Waals surface area (Å²) in [5, 5.41) is 9.33. The quantitative estimate of drug-likeness (QED) is 0.789. The molecule has 4 heteroatoms. The van der Waals surface area contributed by atoms with E-state index in [2.05, 4.69) is 0 Å². The normalized spacial score (nSPS) is 36.7. The van der Waals surface area contributed by atoms with Crippen LogP contribution < -0.4 is 0 Å². The lowest BCUT2D eigenvalue weighted by molar-refractivity contribution is -0.151. The summed E-state index contributed by atoms with van der Waals surface area (Å²) in [6.07, 6.45) is 10.9. The van der Waals surface area contributed by atoms with Gasteiger partial charge in [0.25, 0.3) is 0 Å². The van der Waals surface area contributed by atoms with Gasteiger partial charge in [0.1, 0.15) is 0 Å². The van der Waals surface area contributed by atoms with E-state index < -0.39 is 11.9 Å². The number of likely N-dealkylation sites (tertiary alicyclic amines) is 1. The van der Waals surface area contributed by atoms with Crippen LogP contribution in [0.1, 0.15) is 44.9 Å². The molecular weight excluding hydrogens is 254 g/mol. The summed E-state index contributed by atoms with van der Waals surface area (Å²) in [7, 11) is 0. The molecule has 2 fully saturated rings. The van der Waals surface area contributed by atoms with Crippen LogP contribution in [0, 0.1) is 17.8 Å². The number of allylic oxidation sites excluding steroid dienone is 2. The number of fused-ring (bicyclic) bond motifs is 1. The van der Waals surface area contributed by atoms with E-state index in [0.717, 1.165) is 19.4 Å². The third-order valence-corrected chi connectivity index (χ3v) is 5.36. The number of carboxylic acids is 1. The maximum atomic E-state index is 12.8. The summed E-state index contributed by atoms with van der Waals surface area (Å²) in [5.41, 5.74) is 0. The van der Waals surface area contributed by atoms with Crippen LogP contribution in [0.4, 0.5) is 0 Å². The van der Waals surface area contributed by atoms with Crippen molar-refractivity contribution >= 4 is 11.9 Å². The maximum Gasteiger partial charge on any atom is 0.307 e. The highest BCUT2D eigenvalue weighted by molar-refractivity contribution is 5.85. The lowest BCUT2D eigenvalue weighted by Gasteiger charge is -2.35. The molecule has 1 aliphatic heterocycles. The van der Waals surface area contributed by atoms with Gasteiger partial charge in [-0.15, -0.1) is 0 Å². The Labute approximate surface area is 119 Å². The van der Waals surface area contributed by atoms with Gasteiger partial charge in [-0.25, -0.2) is 0 Å². The van der Waals surface area contributed by atoms with E-state index >= 15 is 0 Å². The molecule has 4 nitrogen and oxygen atoms in total. The van der Waals surface area contributed by atoms with Crippen molar-refractivity contribution in [1.29, 1.82) is 0 Å². The lowest BCUT2D eigenvalue weighted by Crippen LogP contribution is -2.45. The first kappa shape index (κ1) is 13.7. The van der Waals surface area contributed by atoms with Gasteiger partial charge >= 0.3 is 5.97 Å². The zero-order chi connectivity index (χ0) is 14.1. The van der Waals surface area contributed by atoms with Gasteiger partial charge in [0.2, 0.25) is 5.91 Å². The number of aliphatic carboxylic acids is 1. The summed E-state index contributed by atoms with van der Waals surface area (Å²) in [6.45, 7) is 0.834. The fourth-order valence-electron chi connectivity index (χ4n) is 4.25. The Morgan fingerprint density at radius 2 is 1.70 bits per heavy atom. The summed E-state index contributed by atoms with van der Waals surface area (Å²) in [6, 6.07) is 0.386. The Morgan fingerprint density at radius 3 is 2.45 bits per heavy atom. The molecule has 1 saturated carbocycles. The molecule has 3 aliphatic rings. The fraction of sp³-hybridized carbons (Fsp3) is 0.750. The molecule has 0 aromatic rings. The highest BCUT2D eigenvalue weighted by atomic mass is 16.4. The number of amides is 1. The van der Waals surface area contributed by atoms with Crippen molar-refractivity contribution < 1.29 is 14.7 Å². The topological polar surface area (TPSA) is 57.6 Å². The van der Waals surface area contributed by atoms with Crippen LogP contribution in [-0.2, 0) is 9.59 Å². The maximum absolute atomic E-state index is 12.8. The van der Waals surface area contributed by atoms with Gasteiger partial charge in [-0.1, -0.05) is 25.0 Å². The number of hydrogen-bond donors (Lipinski definition) is 1. The van der Waals surface area contributed by atoms with Gasteiger partial charge in [-0.05, 0) is 38.0 Å². The van der Waals surface area contributed by atoms with Crippen LogP contribution >= 0.6 is 0 Å². The van der Waals surface area contributed by atoms with E-state index in [0.29, 0.717) is 24.8 Å². The first-order valence-corrected chi connectivity index (χ1v) is 7.86. The van der Waals surface area contributed by atoms with Crippen molar-refractivity contribution in [1.82, 2.24) is 4.90 Å². The first-order chi connectivity index (χ1) is 9.68. The molecule has 4 atom stereocenters. The second kappa shape index (κ2) is 5.58. The third-order valence-electron chi connectivity index (χ3n) is 5.36. The number of hydrogen-bond acceptors (Lipinski definition) is 2. The number of carbonyl (C=O) groups excluding carboxylic acids is 1. The minimum Gasteiger partial charge on any atom is -0.481 e. The number of rotatable bonds is 2. The Hall–Kier alpha value is -1.32. The molecule has 110 valence electrons. The van der Waals surface area contributed by atoms with Crippen LogP contribution in [-0.4, -0.2) is 34.5 Å². The van der Waals surface area contributed by atoms with Gasteiger partial charge in [0, 0.05) is 12.6 Å². The van der Waals surface area contributed by atoms with E-state index in [1.807, 2.05) is 17.1 Å². The van der Waals surface area contributed by atoms with E-state index in [1.54, 1.807) is 0 Å². The summed E-state index contributed by atoms with van der Waals surface area (Å²) in [5.74, 6) is -0.952. The highest BCUT2D eigenvalue weighted by Gasteiger charge is 2.43. The first-order valence-electron chi connectivity index (χ1n) is 7.86. The van der Waals surface area contributed by atoms with Crippen LogP contribution in [0.15, 0.2) is 12.2 Å². The van der Waals surface area contributed by atoms with Crippen LogP contribution in [0.2, 0.25) is 0 Å². The minimum atomic E-state index is -0.827. The molecule has 1 saturated heterocycles. The van der Waals surface area contributed by atoms with E-state index in [9.17, 15) is 14.7 Å². The molecule has 0 aromatic heterocycles. The van der Waals surface area contributed by atoms with Gasteiger partial charge in [0.15, 0.2) is 0 Å². The molecule has 0 radical (unpaired) electrons. The van der Waals surface area contributed by atoms with Crippen molar-refractivity contribution in [3.63, 3.8) is 0 Å². The summed E-state index contributed by atoms with van der Waals surface area (Å²) in [4.78, 5) is 26.2. The molecule has 3 rings (SSSR count). The fourth-order valence-corrected chi connectivity index (χ4v) is 4.25. The number of carbonyl (C=O) groups is 2. The van der Waals surface area contributed by atoms with E-state index in [-0.39, 0.29) is 11.8 Å². The highest BCUT2D eigenvalue weighted by Crippen LogP contribution is 2.38. The zero-order valence-corrected chi connectivity index (χ0v) is 11.8. The summed E-state index contributed by atoms with van der Waals surface area (Å²) < 4.78 is 0. The molecule has 2 aliphatic carbocycles. The Balaban J connectivity index is 1.74. The Bertz CT molecular complexity index is 431. The number of carboxylic acid groups (broad SMARTS) is 1. The van der Waals surface area contributed by atoms with Crippen LogP contribution in [0.5, 0.6) is 0 Å².